The first-order valence-corrected chi connectivity index (χ1v) is 6.09. The van der Waals surface area contributed by atoms with Gasteiger partial charge < -0.3 is 14.8 Å². The zero-order chi connectivity index (χ0) is 15.0. The molecule has 0 aliphatic rings. The Morgan fingerprint density at radius 3 is 2.45 bits per heavy atom. The van der Waals surface area contributed by atoms with E-state index in [1.807, 2.05) is 30.3 Å². The van der Waals surface area contributed by atoms with Crippen molar-refractivity contribution in [1.29, 1.82) is 0 Å². The molecular weight excluding hydrogens is 262 g/mol. The molecule has 1 aromatic rings. The van der Waals surface area contributed by atoms with Gasteiger partial charge in [0.05, 0.1) is 13.2 Å². The summed E-state index contributed by atoms with van der Waals surface area (Å²) in [6.45, 7) is 1.60. The van der Waals surface area contributed by atoms with E-state index in [1.54, 1.807) is 0 Å². The zero-order valence-corrected chi connectivity index (χ0v) is 11.4. The Hall–Kier alpha value is -2.37. The van der Waals surface area contributed by atoms with Crippen LogP contribution in [0.1, 0.15) is 18.9 Å². The van der Waals surface area contributed by atoms with Crippen molar-refractivity contribution < 1.29 is 23.9 Å². The summed E-state index contributed by atoms with van der Waals surface area (Å²) in [5.74, 6) is -1.07. The summed E-state index contributed by atoms with van der Waals surface area (Å²) in [5, 5.41) is 2.36. The fraction of sp³-hybridized carbons (Fsp3) is 0.357. The van der Waals surface area contributed by atoms with E-state index >= 15 is 0 Å². The van der Waals surface area contributed by atoms with Crippen molar-refractivity contribution in [3.63, 3.8) is 0 Å². The molecule has 6 heteroatoms. The molecule has 108 valence electrons. The molecule has 6 nitrogen and oxygen atoms in total. The molecule has 0 aromatic heterocycles. The number of alkyl carbamates (subject to hydrolysis) is 1. The molecule has 0 bridgehead atoms. The van der Waals surface area contributed by atoms with Crippen LogP contribution in [-0.2, 0) is 25.7 Å². The van der Waals surface area contributed by atoms with Crippen LogP contribution in [0.5, 0.6) is 0 Å². The summed E-state index contributed by atoms with van der Waals surface area (Å²) >= 11 is 0. The number of ketones is 1. The lowest BCUT2D eigenvalue weighted by Crippen LogP contribution is -2.39. The molecule has 0 fully saturated rings. The minimum absolute atomic E-state index is 0.116. The number of rotatable bonds is 6. The van der Waals surface area contributed by atoms with Gasteiger partial charge >= 0.3 is 12.1 Å². The van der Waals surface area contributed by atoms with Crippen molar-refractivity contribution in [3.8, 4) is 0 Å². The topological polar surface area (TPSA) is 81.7 Å². The number of benzene rings is 1. The van der Waals surface area contributed by atoms with Gasteiger partial charge in [0, 0.05) is 0 Å². The summed E-state index contributed by atoms with van der Waals surface area (Å²) in [6, 6.07) is 8.35. The van der Waals surface area contributed by atoms with Crippen molar-refractivity contribution in [1.82, 2.24) is 5.32 Å². The highest BCUT2D eigenvalue weighted by Crippen LogP contribution is 2.01. The van der Waals surface area contributed by atoms with Gasteiger partial charge in [-0.2, -0.15) is 0 Å². The second-order valence-corrected chi connectivity index (χ2v) is 4.15. The van der Waals surface area contributed by atoms with Gasteiger partial charge in [0.2, 0.25) is 0 Å². The fourth-order valence-corrected chi connectivity index (χ4v) is 1.39. The Bertz CT molecular complexity index is 472. The maximum absolute atomic E-state index is 11.6. The van der Waals surface area contributed by atoms with Gasteiger partial charge in [0.25, 0.3) is 0 Å². The van der Waals surface area contributed by atoms with Crippen molar-refractivity contribution in [2.75, 3.05) is 7.11 Å². The number of ether oxygens (including phenoxy) is 2. The number of carbonyl (C=O) groups is 3. The Morgan fingerprint density at radius 2 is 1.85 bits per heavy atom. The van der Waals surface area contributed by atoms with Crippen LogP contribution in [0.3, 0.4) is 0 Å². The summed E-state index contributed by atoms with van der Waals surface area (Å²) < 4.78 is 9.34. The minimum atomic E-state index is -0.808. The number of amides is 1. The van der Waals surface area contributed by atoms with Gasteiger partial charge in [-0.3, -0.25) is 9.59 Å². The molecule has 0 aliphatic heterocycles. The smallest absolute Gasteiger partial charge is 0.408 e. The highest BCUT2D eigenvalue weighted by Gasteiger charge is 2.19. The van der Waals surface area contributed by atoms with E-state index in [1.165, 1.54) is 14.0 Å². The highest BCUT2D eigenvalue weighted by atomic mass is 16.5. The van der Waals surface area contributed by atoms with Gasteiger partial charge in [0.15, 0.2) is 5.78 Å². The van der Waals surface area contributed by atoms with Gasteiger partial charge in [0.1, 0.15) is 13.0 Å². The number of esters is 1. The molecule has 1 amide bonds. The van der Waals surface area contributed by atoms with Crippen LogP contribution < -0.4 is 5.32 Å². The van der Waals surface area contributed by atoms with E-state index in [9.17, 15) is 14.4 Å². The van der Waals surface area contributed by atoms with Crippen LogP contribution in [0.4, 0.5) is 4.79 Å². The maximum Gasteiger partial charge on any atom is 0.408 e. The van der Waals surface area contributed by atoms with Crippen molar-refractivity contribution in [3.05, 3.63) is 35.9 Å². The van der Waals surface area contributed by atoms with Crippen molar-refractivity contribution in [2.24, 2.45) is 0 Å². The predicted octanol–water partition coefficient (Wildman–Crippen LogP) is 1.43. The predicted molar refractivity (Wildman–Crippen MR) is 70.9 cm³/mol. The van der Waals surface area contributed by atoms with Crippen LogP contribution in [0.25, 0.3) is 0 Å². The number of methoxy groups -OCH3 is 1. The van der Waals surface area contributed by atoms with Gasteiger partial charge in [-0.05, 0) is 12.5 Å². The lowest BCUT2D eigenvalue weighted by Gasteiger charge is -2.12. The average molecular weight is 279 g/mol. The largest absolute Gasteiger partial charge is 0.469 e. The molecule has 1 N–H and O–H groups in total. The normalized spacial score (nSPS) is 11.3. The maximum atomic E-state index is 11.6. The second kappa shape index (κ2) is 7.93. The number of carbonyl (C=O) groups excluding carboxylic acids is 3. The number of hydrogen-bond donors (Lipinski definition) is 1. The summed E-state index contributed by atoms with van der Waals surface area (Å²) in [5.41, 5.74) is 0.844. The Kier molecular flexibility index (Phi) is 6.22. The molecule has 0 spiro atoms. The summed E-state index contributed by atoms with van der Waals surface area (Å²) in [7, 11) is 1.20. The Balaban J connectivity index is 2.34. The van der Waals surface area contributed by atoms with Crippen LogP contribution in [-0.4, -0.2) is 31.0 Å². The molecule has 0 saturated carbocycles. The monoisotopic (exact) mass is 279 g/mol. The van der Waals surface area contributed by atoms with E-state index in [-0.39, 0.29) is 13.0 Å². The SMILES string of the molecule is COC(=O)CC(=O)[C@H](C)NC(=O)OCc1ccccc1. The first-order valence-electron chi connectivity index (χ1n) is 6.09. The summed E-state index contributed by atoms with van der Waals surface area (Å²) in [6.07, 6.45) is -1.09. The van der Waals surface area contributed by atoms with E-state index in [4.69, 9.17) is 4.74 Å². The van der Waals surface area contributed by atoms with Crippen molar-refractivity contribution in [2.45, 2.75) is 26.0 Å². The van der Waals surface area contributed by atoms with Crippen LogP contribution in [0.15, 0.2) is 30.3 Å². The molecule has 0 saturated heterocycles. The molecule has 0 unspecified atom stereocenters. The fourth-order valence-electron chi connectivity index (χ4n) is 1.39. The molecular formula is C14H17NO5. The molecule has 1 rings (SSSR count). The third-order valence-electron chi connectivity index (χ3n) is 2.58. The first-order chi connectivity index (χ1) is 9.52. The zero-order valence-electron chi connectivity index (χ0n) is 11.4. The Morgan fingerprint density at radius 1 is 1.20 bits per heavy atom. The standard InChI is InChI=1S/C14H17NO5/c1-10(12(16)8-13(17)19-2)15-14(18)20-9-11-6-4-3-5-7-11/h3-7,10H,8-9H2,1-2H3,(H,15,18)/t10-/m0/s1. The van der Waals surface area contributed by atoms with Gasteiger partial charge in [-0.25, -0.2) is 4.79 Å². The molecule has 1 atom stereocenters. The summed E-state index contributed by atoms with van der Waals surface area (Å²) in [4.78, 5) is 34.0. The molecule has 1 aromatic carbocycles. The average Bonchev–Trinajstić information content (AvgIpc) is 2.45. The molecule has 0 heterocycles. The van der Waals surface area contributed by atoms with E-state index in [0.29, 0.717) is 0 Å². The first kappa shape index (κ1) is 15.7. The molecule has 0 radical (unpaired) electrons. The number of nitrogens with one attached hydrogen (secondary N) is 1. The minimum Gasteiger partial charge on any atom is -0.469 e. The number of Topliss-reactive ketones (excluding diaryl/α,β-unsaturated/α-hetero) is 1. The van der Waals surface area contributed by atoms with Gasteiger partial charge in [-0.1, -0.05) is 30.3 Å². The number of hydrogen-bond acceptors (Lipinski definition) is 5. The quantitative estimate of drug-likeness (QED) is 0.629. The van der Waals surface area contributed by atoms with Crippen LogP contribution in [0.2, 0.25) is 0 Å². The molecule has 20 heavy (non-hydrogen) atoms. The lowest BCUT2D eigenvalue weighted by molar-refractivity contribution is -0.143. The van der Waals surface area contributed by atoms with Crippen LogP contribution >= 0.6 is 0 Å². The Labute approximate surface area is 117 Å². The third-order valence-corrected chi connectivity index (χ3v) is 2.58. The van der Waals surface area contributed by atoms with E-state index < -0.39 is 23.9 Å². The van der Waals surface area contributed by atoms with Gasteiger partial charge in [-0.15, -0.1) is 0 Å². The molecule has 0 aliphatic carbocycles. The third kappa shape index (κ3) is 5.51. The van der Waals surface area contributed by atoms with Crippen molar-refractivity contribution >= 4 is 17.8 Å². The lowest BCUT2D eigenvalue weighted by atomic mass is 10.1. The van der Waals surface area contributed by atoms with E-state index in [0.717, 1.165) is 5.56 Å². The second-order valence-electron chi connectivity index (χ2n) is 4.15. The van der Waals surface area contributed by atoms with Crippen LogP contribution in [0, 0.1) is 0 Å². The highest BCUT2D eigenvalue weighted by molar-refractivity contribution is 5.99. The van der Waals surface area contributed by atoms with E-state index in [2.05, 4.69) is 10.1 Å².